The van der Waals surface area contributed by atoms with E-state index in [-0.39, 0.29) is 6.04 Å². The van der Waals surface area contributed by atoms with E-state index in [1.54, 1.807) is 0 Å². The summed E-state index contributed by atoms with van der Waals surface area (Å²) in [4.78, 5) is 0.296. The van der Waals surface area contributed by atoms with E-state index in [2.05, 4.69) is 0 Å². The van der Waals surface area contributed by atoms with Gasteiger partial charge in [0.25, 0.3) is 0 Å². The minimum Gasteiger partial charge on any atom is -0.323 e. The van der Waals surface area contributed by atoms with Crippen molar-refractivity contribution in [3.63, 3.8) is 0 Å². The third-order valence-corrected chi connectivity index (χ3v) is 4.42. The Hall–Kier alpha value is -1.39. The van der Waals surface area contributed by atoms with Crippen molar-refractivity contribution in [3.05, 3.63) is 64.7 Å². The molecule has 0 saturated heterocycles. The third kappa shape index (κ3) is 3.58. The van der Waals surface area contributed by atoms with Crippen molar-refractivity contribution in [2.75, 3.05) is 5.75 Å². The maximum atomic E-state index is 13.5. The highest BCUT2D eigenvalue weighted by atomic mass is 32.2. The summed E-state index contributed by atoms with van der Waals surface area (Å²) >= 11 is 1.23. The lowest BCUT2D eigenvalue weighted by atomic mass is 10.0. The number of thioether (sulfide) groups is 1. The van der Waals surface area contributed by atoms with Crippen LogP contribution in [0.3, 0.4) is 0 Å². The molecule has 2 aromatic carbocycles. The van der Waals surface area contributed by atoms with Crippen LogP contribution in [0.1, 0.15) is 22.7 Å². The van der Waals surface area contributed by atoms with E-state index in [4.69, 9.17) is 5.73 Å². The maximum absolute atomic E-state index is 13.5. The first kappa shape index (κ1) is 15.0. The second kappa shape index (κ2) is 6.37. The predicted octanol–water partition coefficient (Wildman–Crippen LogP) is 4.37. The molecule has 0 radical (unpaired) electrons. The number of hydrogen-bond acceptors (Lipinski definition) is 2. The average Bonchev–Trinajstić information content (AvgIpc) is 2.42. The van der Waals surface area contributed by atoms with Crippen LogP contribution in [0, 0.1) is 25.5 Å². The first-order valence-corrected chi connectivity index (χ1v) is 7.36. The van der Waals surface area contributed by atoms with E-state index in [0.29, 0.717) is 10.6 Å². The standard InChI is InChI=1S/C16H17F2NS/c1-10-3-4-12(7-11(10)2)15(19)9-20-16-8-13(17)5-6-14(16)18/h3-8,15H,9,19H2,1-2H3. The van der Waals surface area contributed by atoms with Crippen molar-refractivity contribution in [1.82, 2.24) is 0 Å². The lowest BCUT2D eigenvalue weighted by Gasteiger charge is -2.13. The highest BCUT2D eigenvalue weighted by molar-refractivity contribution is 7.99. The number of hydrogen-bond donors (Lipinski definition) is 1. The van der Waals surface area contributed by atoms with Crippen molar-refractivity contribution in [2.45, 2.75) is 24.8 Å². The molecule has 1 nitrogen and oxygen atoms in total. The Morgan fingerprint density at radius 3 is 2.50 bits per heavy atom. The van der Waals surface area contributed by atoms with E-state index in [1.807, 2.05) is 32.0 Å². The molecule has 0 amide bonds. The Morgan fingerprint density at radius 1 is 1.05 bits per heavy atom. The molecular formula is C16H17F2NS. The molecule has 2 N–H and O–H groups in total. The maximum Gasteiger partial charge on any atom is 0.136 e. The van der Waals surface area contributed by atoms with Crippen molar-refractivity contribution in [3.8, 4) is 0 Å². The van der Waals surface area contributed by atoms with Gasteiger partial charge in [-0.25, -0.2) is 8.78 Å². The van der Waals surface area contributed by atoms with Crippen LogP contribution >= 0.6 is 11.8 Å². The number of nitrogens with two attached hydrogens (primary N) is 1. The van der Waals surface area contributed by atoms with Crippen LogP contribution in [-0.4, -0.2) is 5.75 Å². The molecule has 0 heterocycles. The molecule has 2 aromatic rings. The van der Waals surface area contributed by atoms with E-state index < -0.39 is 11.6 Å². The minimum absolute atomic E-state index is 0.207. The van der Waals surface area contributed by atoms with E-state index in [1.165, 1.54) is 29.0 Å². The van der Waals surface area contributed by atoms with Crippen molar-refractivity contribution < 1.29 is 8.78 Å². The quantitative estimate of drug-likeness (QED) is 0.847. The molecule has 2 rings (SSSR count). The van der Waals surface area contributed by atoms with Gasteiger partial charge in [-0.1, -0.05) is 18.2 Å². The van der Waals surface area contributed by atoms with Gasteiger partial charge < -0.3 is 5.73 Å². The van der Waals surface area contributed by atoms with E-state index in [9.17, 15) is 8.78 Å². The molecule has 1 unspecified atom stereocenters. The first-order chi connectivity index (χ1) is 9.47. The molecule has 0 saturated carbocycles. The van der Waals surface area contributed by atoms with Crippen LogP contribution in [0.15, 0.2) is 41.3 Å². The Morgan fingerprint density at radius 2 is 1.80 bits per heavy atom. The van der Waals surface area contributed by atoms with Gasteiger partial charge in [0.05, 0.1) is 0 Å². The first-order valence-electron chi connectivity index (χ1n) is 6.38. The number of benzene rings is 2. The fourth-order valence-corrected chi connectivity index (χ4v) is 2.81. The van der Waals surface area contributed by atoms with Crippen LogP contribution in [0.5, 0.6) is 0 Å². The number of rotatable bonds is 4. The molecular weight excluding hydrogens is 276 g/mol. The summed E-state index contributed by atoms with van der Waals surface area (Å²) in [7, 11) is 0. The highest BCUT2D eigenvalue weighted by Crippen LogP contribution is 2.27. The molecule has 20 heavy (non-hydrogen) atoms. The molecule has 0 aliphatic rings. The van der Waals surface area contributed by atoms with Gasteiger partial charge in [0.1, 0.15) is 11.6 Å². The lowest BCUT2D eigenvalue weighted by molar-refractivity contribution is 0.577. The second-order valence-electron chi connectivity index (χ2n) is 4.84. The SMILES string of the molecule is Cc1ccc(C(N)CSc2cc(F)ccc2F)cc1C. The second-order valence-corrected chi connectivity index (χ2v) is 5.90. The monoisotopic (exact) mass is 293 g/mol. The molecule has 106 valence electrons. The summed E-state index contributed by atoms with van der Waals surface area (Å²) in [6, 6.07) is 9.30. The summed E-state index contributed by atoms with van der Waals surface area (Å²) in [5.74, 6) is -0.347. The molecule has 0 fully saturated rings. The van der Waals surface area contributed by atoms with E-state index >= 15 is 0 Å². The fourth-order valence-electron chi connectivity index (χ4n) is 1.86. The molecule has 4 heteroatoms. The molecule has 0 aromatic heterocycles. The molecule has 0 bridgehead atoms. The molecule has 0 aliphatic carbocycles. The molecule has 0 spiro atoms. The molecule has 1 atom stereocenters. The Labute approximate surface area is 122 Å². The smallest absolute Gasteiger partial charge is 0.136 e. The minimum atomic E-state index is -0.436. The van der Waals surface area contributed by atoms with E-state index in [0.717, 1.165) is 17.7 Å². The van der Waals surface area contributed by atoms with Crippen molar-refractivity contribution in [1.29, 1.82) is 0 Å². The van der Waals surface area contributed by atoms with Gasteiger partial charge in [-0.05, 0) is 48.7 Å². The van der Waals surface area contributed by atoms with Gasteiger partial charge in [0.2, 0.25) is 0 Å². The molecule has 0 aliphatic heterocycles. The number of halogens is 2. The zero-order chi connectivity index (χ0) is 14.7. The van der Waals surface area contributed by atoms with Gasteiger partial charge in [-0.15, -0.1) is 11.8 Å². The van der Waals surface area contributed by atoms with Crippen molar-refractivity contribution >= 4 is 11.8 Å². The topological polar surface area (TPSA) is 26.0 Å². The Kier molecular flexibility index (Phi) is 4.78. The van der Waals surface area contributed by atoms with Gasteiger partial charge in [-0.3, -0.25) is 0 Å². The normalized spacial score (nSPS) is 12.4. The Bertz CT molecular complexity index is 613. The largest absolute Gasteiger partial charge is 0.323 e. The zero-order valence-electron chi connectivity index (χ0n) is 11.5. The van der Waals surface area contributed by atoms with Gasteiger partial charge >= 0.3 is 0 Å². The number of aryl methyl sites for hydroxylation is 2. The summed E-state index contributed by atoms with van der Waals surface area (Å²) in [6.45, 7) is 4.08. The third-order valence-electron chi connectivity index (χ3n) is 3.27. The van der Waals surface area contributed by atoms with Gasteiger partial charge in [0, 0.05) is 16.7 Å². The summed E-state index contributed by atoms with van der Waals surface area (Å²) in [5, 5.41) is 0. The van der Waals surface area contributed by atoms with Gasteiger partial charge in [-0.2, -0.15) is 0 Å². The fraction of sp³-hybridized carbons (Fsp3) is 0.250. The highest BCUT2D eigenvalue weighted by Gasteiger charge is 2.10. The van der Waals surface area contributed by atoms with Gasteiger partial charge in [0.15, 0.2) is 0 Å². The summed E-state index contributed by atoms with van der Waals surface area (Å²) in [5.41, 5.74) is 9.52. The van der Waals surface area contributed by atoms with Crippen molar-refractivity contribution in [2.24, 2.45) is 5.73 Å². The van der Waals surface area contributed by atoms with Crippen LogP contribution in [0.2, 0.25) is 0 Å². The Balaban J connectivity index is 2.06. The zero-order valence-corrected chi connectivity index (χ0v) is 12.3. The summed E-state index contributed by atoms with van der Waals surface area (Å²) in [6.07, 6.45) is 0. The van der Waals surface area contributed by atoms with Crippen LogP contribution in [-0.2, 0) is 0 Å². The van der Waals surface area contributed by atoms with Crippen LogP contribution < -0.4 is 5.73 Å². The van der Waals surface area contributed by atoms with Crippen LogP contribution in [0.4, 0.5) is 8.78 Å². The predicted molar refractivity (Wildman–Crippen MR) is 79.9 cm³/mol. The summed E-state index contributed by atoms with van der Waals surface area (Å²) < 4.78 is 26.6. The van der Waals surface area contributed by atoms with Crippen LogP contribution in [0.25, 0.3) is 0 Å². The average molecular weight is 293 g/mol. The lowest BCUT2D eigenvalue weighted by Crippen LogP contribution is -2.13.